The van der Waals surface area contributed by atoms with Crippen LogP contribution < -0.4 is 5.73 Å². The molecule has 0 heterocycles. The molecule has 5 nitrogen and oxygen atoms in total. The predicted molar refractivity (Wildman–Crippen MR) is 88.2 cm³/mol. The first kappa shape index (κ1) is 18.4. The lowest BCUT2D eigenvalue weighted by Crippen LogP contribution is -2.55. The summed E-state index contributed by atoms with van der Waals surface area (Å²) in [5, 5.41) is 0. The molecule has 2 N–H and O–H groups in total. The van der Waals surface area contributed by atoms with E-state index in [1.807, 2.05) is 11.8 Å². The van der Waals surface area contributed by atoms with E-state index in [4.69, 9.17) is 5.73 Å². The van der Waals surface area contributed by atoms with E-state index in [-0.39, 0.29) is 5.91 Å². The summed E-state index contributed by atoms with van der Waals surface area (Å²) in [6.45, 7) is 5.54. The first-order chi connectivity index (χ1) is 9.75. The van der Waals surface area contributed by atoms with Gasteiger partial charge in [-0.05, 0) is 79.8 Å². The Morgan fingerprint density at radius 2 is 1.43 bits per heavy atom. The zero-order valence-electron chi connectivity index (χ0n) is 14.6. The summed E-state index contributed by atoms with van der Waals surface area (Å²) in [7, 11) is 8.26. The second-order valence-electron chi connectivity index (χ2n) is 7.16. The van der Waals surface area contributed by atoms with Gasteiger partial charge in [-0.15, -0.1) is 0 Å². The number of amides is 1. The molecule has 0 aromatic rings. The van der Waals surface area contributed by atoms with Crippen molar-refractivity contribution in [2.24, 2.45) is 11.7 Å². The number of hydrogen-bond donors (Lipinski definition) is 1. The average molecular weight is 298 g/mol. The lowest BCUT2D eigenvalue weighted by atomic mass is 9.95. The van der Waals surface area contributed by atoms with Crippen LogP contribution >= 0.6 is 0 Å². The minimum absolute atomic E-state index is 0.141. The topological polar surface area (TPSA) is 52.8 Å². The fourth-order valence-electron chi connectivity index (χ4n) is 2.67. The van der Waals surface area contributed by atoms with Crippen LogP contribution in [-0.2, 0) is 4.79 Å². The molecule has 1 saturated carbocycles. The Balaban J connectivity index is 2.54. The predicted octanol–water partition coefficient (Wildman–Crippen LogP) is 0.846. The molecule has 0 aliphatic heterocycles. The van der Waals surface area contributed by atoms with E-state index in [0.717, 1.165) is 51.9 Å². The van der Waals surface area contributed by atoms with Crippen molar-refractivity contribution in [3.05, 3.63) is 0 Å². The van der Waals surface area contributed by atoms with Gasteiger partial charge in [0.05, 0.1) is 5.54 Å². The van der Waals surface area contributed by atoms with E-state index < -0.39 is 5.54 Å². The molecule has 0 bridgehead atoms. The summed E-state index contributed by atoms with van der Waals surface area (Å²) >= 11 is 0. The Hall–Kier alpha value is -0.650. The zero-order chi connectivity index (χ0) is 16.0. The molecule has 124 valence electrons. The van der Waals surface area contributed by atoms with Gasteiger partial charge < -0.3 is 20.4 Å². The molecule has 5 heteroatoms. The number of rotatable bonds is 10. The Morgan fingerprint density at radius 1 is 1.00 bits per heavy atom. The van der Waals surface area contributed by atoms with E-state index in [2.05, 4.69) is 38.0 Å². The second-order valence-corrected chi connectivity index (χ2v) is 7.16. The van der Waals surface area contributed by atoms with Crippen molar-refractivity contribution < 1.29 is 4.79 Å². The molecular formula is C16H34N4O. The fourth-order valence-corrected chi connectivity index (χ4v) is 2.67. The molecule has 1 unspecified atom stereocenters. The molecule has 0 spiro atoms. The number of hydrogen-bond acceptors (Lipinski definition) is 4. The summed E-state index contributed by atoms with van der Waals surface area (Å²) in [5.41, 5.74) is 5.65. The van der Waals surface area contributed by atoms with Gasteiger partial charge in [0, 0.05) is 13.1 Å². The van der Waals surface area contributed by atoms with Gasteiger partial charge in [-0.3, -0.25) is 4.79 Å². The summed E-state index contributed by atoms with van der Waals surface area (Å²) < 4.78 is 0. The van der Waals surface area contributed by atoms with Gasteiger partial charge >= 0.3 is 0 Å². The molecule has 0 aromatic heterocycles. The molecule has 21 heavy (non-hydrogen) atoms. The first-order valence-electron chi connectivity index (χ1n) is 8.13. The average Bonchev–Trinajstić information content (AvgIpc) is 3.19. The Bertz CT molecular complexity index is 310. The maximum Gasteiger partial charge on any atom is 0.242 e. The van der Waals surface area contributed by atoms with Crippen LogP contribution in [0.4, 0.5) is 0 Å². The highest BCUT2D eigenvalue weighted by atomic mass is 16.2. The normalized spacial score (nSPS) is 18.1. The minimum atomic E-state index is -0.670. The minimum Gasteiger partial charge on any atom is -0.341 e. The van der Waals surface area contributed by atoms with Crippen LogP contribution in [-0.4, -0.2) is 80.5 Å². The molecule has 1 amide bonds. The van der Waals surface area contributed by atoms with Crippen molar-refractivity contribution >= 4 is 5.91 Å². The van der Waals surface area contributed by atoms with Crippen LogP contribution in [0, 0.1) is 5.92 Å². The van der Waals surface area contributed by atoms with Crippen molar-refractivity contribution in [2.75, 3.05) is 54.4 Å². The van der Waals surface area contributed by atoms with Gasteiger partial charge in [0.2, 0.25) is 5.91 Å². The number of nitrogens with zero attached hydrogens (tertiary/aromatic N) is 3. The molecule has 1 atom stereocenters. The summed E-state index contributed by atoms with van der Waals surface area (Å²) in [4.78, 5) is 19.1. The SMILES string of the molecule is CN(C)CCCN(CCCN(C)C)C(=O)C(C)(N)C1CC1. The van der Waals surface area contributed by atoms with Crippen LogP contribution in [0.2, 0.25) is 0 Å². The standard InChI is InChI=1S/C16H34N4O/c1-16(17,14-8-9-14)15(21)20(12-6-10-18(2)3)13-7-11-19(4)5/h14H,6-13,17H2,1-5H3. The van der Waals surface area contributed by atoms with Gasteiger partial charge in [0.25, 0.3) is 0 Å². The summed E-state index contributed by atoms with van der Waals surface area (Å²) in [6.07, 6.45) is 4.20. The van der Waals surface area contributed by atoms with Crippen molar-refractivity contribution in [1.82, 2.24) is 14.7 Å². The van der Waals surface area contributed by atoms with E-state index in [1.165, 1.54) is 0 Å². The van der Waals surface area contributed by atoms with E-state index >= 15 is 0 Å². The summed E-state index contributed by atoms with van der Waals surface area (Å²) in [5.74, 6) is 0.526. The maximum absolute atomic E-state index is 12.8. The monoisotopic (exact) mass is 298 g/mol. The van der Waals surface area contributed by atoms with Gasteiger partial charge in [-0.2, -0.15) is 0 Å². The Kier molecular flexibility index (Phi) is 7.10. The maximum atomic E-state index is 12.8. The zero-order valence-corrected chi connectivity index (χ0v) is 14.6. The molecule has 1 aliphatic carbocycles. The fraction of sp³-hybridized carbons (Fsp3) is 0.938. The Labute approximate surface area is 130 Å². The quantitative estimate of drug-likeness (QED) is 0.649. The van der Waals surface area contributed by atoms with Gasteiger partial charge in [-0.25, -0.2) is 0 Å². The lowest BCUT2D eigenvalue weighted by molar-refractivity contribution is -0.137. The second kappa shape index (κ2) is 8.11. The van der Waals surface area contributed by atoms with Crippen LogP contribution in [0.1, 0.15) is 32.6 Å². The van der Waals surface area contributed by atoms with Crippen molar-refractivity contribution in [1.29, 1.82) is 0 Å². The lowest BCUT2D eigenvalue weighted by Gasteiger charge is -2.32. The van der Waals surface area contributed by atoms with E-state index in [0.29, 0.717) is 5.92 Å². The molecule has 0 radical (unpaired) electrons. The molecule has 0 aromatic carbocycles. The summed E-state index contributed by atoms with van der Waals surface area (Å²) in [6, 6.07) is 0. The van der Waals surface area contributed by atoms with Gasteiger partial charge in [0.15, 0.2) is 0 Å². The van der Waals surface area contributed by atoms with Gasteiger partial charge in [0.1, 0.15) is 0 Å². The van der Waals surface area contributed by atoms with Crippen LogP contribution in [0.5, 0.6) is 0 Å². The van der Waals surface area contributed by atoms with E-state index in [9.17, 15) is 4.79 Å². The first-order valence-corrected chi connectivity index (χ1v) is 8.13. The van der Waals surface area contributed by atoms with Crippen LogP contribution in [0.3, 0.4) is 0 Å². The number of nitrogens with two attached hydrogens (primary N) is 1. The third-order valence-electron chi connectivity index (χ3n) is 4.24. The van der Waals surface area contributed by atoms with Crippen LogP contribution in [0.25, 0.3) is 0 Å². The molecule has 1 fully saturated rings. The molecular weight excluding hydrogens is 264 g/mol. The van der Waals surface area contributed by atoms with Crippen molar-refractivity contribution in [2.45, 2.75) is 38.1 Å². The molecule has 1 rings (SSSR count). The third-order valence-corrected chi connectivity index (χ3v) is 4.24. The third kappa shape index (κ3) is 6.32. The van der Waals surface area contributed by atoms with Crippen molar-refractivity contribution in [3.8, 4) is 0 Å². The van der Waals surface area contributed by atoms with Crippen molar-refractivity contribution in [3.63, 3.8) is 0 Å². The number of carbonyl (C=O) groups is 1. The van der Waals surface area contributed by atoms with Gasteiger partial charge in [-0.1, -0.05) is 0 Å². The molecule has 0 saturated heterocycles. The largest absolute Gasteiger partial charge is 0.341 e. The molecule has 1 aliphatic rings. The highest BCUT2D eigenvalue weighted by Crippen LogP contribution is 2.39. The number of carbonyl (C=O) groups excluding carboxylic acids is 1. The highest BCUT2D eigenvalue weighted by molar-refractivity contribution is 5.86. The van der Waals surface area contributed by atoms with E-state index in [1.54, 1.807) is 0 Å². The smallest absolute Gasteiger partial charge is 0.242 e. The highest BCUT2D eigenvalue weighted by Gasteiger charge is 2.45. The van der Waals surface area contributed by atoms with Crippen LogP contribution in [0.15, 0.2) is 0 Å². The Morgan fingerprint density at radius 3 is 1.76 bits per heavy atom.